The molecule has 0 aromatic heterocycles. The molecular weight excluding hydrogens is 225 g/mol. The first-order valence-electron chi connectivity index (χ1n) is 5.19. The van der Waals surface area contributed by atoms with Gasteiger partial charge in [-0.25, -0.2) is 4.39 Å². The van der Waals surface area contributed by atoms with E-state index in [9.17, 15) is 14.0 Å². The zero-order chi connectivity index (χ0) is 13.0. The van der Waals surface area contributed by atoms with Crippen LogP contribution in [0.15, 0.2) is 18.2 Å². The molecule has 1 rings (SSSR count). The van der Waals surface area contributed by atoms with Gasteiger partial charge in [0.1, 0.15) is 5.82 Å². The van der Waals surface area contributed by atoms with E-state index in [2.05, 4.69) is 5.32 Å². The number of hydrogen-bond donors (Lipinski definition) is 2. The van der Waals surface area contributed by atoms with Gasteiger partial charge in [-0.05, 0) is 24.6 Å². The number of amides is 1. The zero-order valence-corrected chi connectivity index (χ0v) is 9.66. The third-order valence-electron chi connectivity index (χ3n) is 2.43. The van der Waals surface area contributed by atoms with Crippen LogP contribution in [0.1, 0.15) is 22.8 Å². The van der Waals surface area contributed by atoms with Gasteiger partial charge in [0, 0.05) is 12.1 Å². The third kappa shape index (κ3) is 3.55. The van der Waals surface area contributed by atoms with Crippen LogP contribution in [0.25, 0.3) is 0 Å². The first-order valence-corrected chi connectivity index (χ1v) is 5.19. The maximum atomic E-state index is 13.0. The summed E-state index contributed by atoms with van der Waals surface area (Å²) in [5.41, 5.74) is 0.870. The average Bonchev–Trinajstić information content (AvgIpc) is 2.28. The number of carbonyl (C=O) groups is 2. The average molecular weight is 239 g/mol. The third-order valence-corrected chi connectivity index (χ3v) is 2.43. The summed E-state index contributed by atoms with van der Waals surface area (Å²) in [4.78, 5) is 22.2. The smallest absolute Gasteiger partial charge is 0.308 e. The number of halogens is 1. The quantitative estimate of drug-likeness (QED) is 0.838. The van der Waals surface area contributed by atoms with Gasteiger partial charge in [-0.2, -0.15) is 0 Å². The summed E-state index contributed by atoms with van der Waals surface area (Å²) in [5.74, 6) is -2.61. The molecule has 0 fully saturated rings. The second-order valence-electron chi connectivity index (χ2n) is 3.91. The lowest BCUT2D eigenvalue weighted by atomic mass is 10.1. The molecule has 0 saturated carbocycles. The van der Waals surface area contributed by atoms with E-state index < -0.39 is 23.6 Å². The summed E-state index contributed by atoms with van der Waals surface area (Å²) in [7, 11) is 0. The molecule has 1 atom stereocenters. The van der Waals surface area contributed by atoms with E-state index in [0.717, 1.165) is 6.07 Å². The second kappa shape index (κ2) is 5.43. The van der Waals surface area contributed by atoms with Crippen molar-refractivity contribution in [3.05, 3.63) is 35.1 Å². The van der Waals surface area contributed by atoms with Crippen molar-refractivity contribution in [2.75, 3.05) is 6.54 Å². The van der Waals surface area contributed by atoms with Crippen molar-refractivity contribution in [1.29, 1.82) is 0 Å². The molecule has 0 bridgehead atoms. The standard InChI is InChI=1S/C12H14FNO3/c1-7-3-4-9(13)5-10(7)11(15)14-6-8(2)12(16)17/h3-5,8H,6H2,1-2H3,(H,14,15)(H,16,17). The second-order valence-corrected chi connectivity index (χ2v) is 3.91. The molecule has 0 spiro atoms. The van der Waals surface area contributed by atoms with Gasteiger partial charge in [0.15, 0.2) is 0 Å². The summed E-state index contributed by atoms with van der Waals surface area (Å²) in [6.45, 7) is 3.19. The van der Waals surface area contributed by atoms with Crippen LogP contribution in [-0.4, -0.2) is 23.5 Å². The van der Waals surface area contributed by atoms with E-state index >= 15 is 0 Å². The fourth-order valence-corrected chi connectivity index (χ4v) is 1.27. The van der Waals surface area contributed by atoms with Crippen molar-refractivity contribution in [2.45, 2.75) is 13.8 Å². The van der Waals surface area contributed by atoms with E-state index in [0.29, 0.717) is 5.56 Å². The van der Waals surface area contributed by atoms with Crippen LogP contribution in [0.4, 0.5) is 4.39 Å². The Morgan fingerprint density at radius 3 is 2.71 bits per heavy atom. The molecule has 0 aliphatic carbocycles. The highest BCUT2D eigenvalue weighted by atomic mass is 19.1. The SMILES string of the molecule is Cc1ccc(F)cc1C(=O)NCC(C)C(=O)O. The Labute approximate surface area is 98.5 Å². The van der Waals surface area contributed by atoms with Gasteiger partial charge in [-0.15, -0.1) is 0 Å². The fraction of sp³-hybridized carbons (Fsp3) is 0.333. The Hall–Kier alpha value is -1.91. The van der Waals surface area contributed by atoms with E-state index in [4.69, 9.17) is 5.11 Å². The van der Waals surface area contributed by atoms with Gasteiger partial charge in [-0.3, -0.25) is 9.59 Å². The van der Waals surface area contributed by atoms with Crippen molar-refractivity contribution >= 4 is 11.9 Å². The molecule has 1 amide bonds. The van der Waals surface area contributed by atoms with E-state index in [1.165, 1.54) is 19.1 Å². The number of carbonyl (C=O) groups excluding carboxylic acids is 1. The van der Waals surface area contributed by atoms with E-state index in [-0.39, 0.29) is 12.1 Å². The maximum Gasteiger partial charge on any atom is 0.308 e. The molecule has 0 radical (unpaired) electrons. The van der Waals surface area contributed by atoms with Gasteiger partial charge in [-0.1, -0.05) is 13.0 Å². The van der Waals surface area contributed by atoms with Gasteiger partial charge in [0.05, 0.1) is 5.92 Å². The number of aliphatic carboxylic acids is 1. The number of rotatable bonds is 4. The van der Waals surface area contributed by atoms with Crippen LogP contribution in [0.3, 0.4) is 0 Å². The molecule has 0 heterocycles. The van der Waals surface area contributed by atoms with Crippen LogP contribution in [0.2, 0.25) is 0 Å². The molecule has 0 saturated heterocycles. The minimum atomic E-state index is -0.985. The normalized spacial score (nSPS) is 11.9. The van der Waals surface area contributed by atoms with Gasteiger partial charge in [0.2, 0.25) is 0 Å². The summed E-state index contributed by atoms with van der Waals surface area (Å²) < 4.78 is 13.0. The molecule has 0 aliphatic heterocycles. The van der Waals surface area contributed by atoms with Crippen LogP contribution < -0.4 is 5.32 Å². The van der Waals surface area contributed by atoms with E-state index in [1.807, 2.05) is 0 Å². The van der Waals surface area contributed by atoms with Crippen molar-refractivity contribution in [2.24, 2.45) is 5.92 Å². The molecule has 0 aliphatic rings. The minimum Gasteiger partial charge on any atom is -0.481 e. The highest BCUT2D eigenvalue weighted by molar-refractivity contribution is 5.95. The fourth-order valence-electron chi connectivity index (χ4n) is 1.27. The zero-order valence-electron chi connectivity index (χ0n) is 9.66. The van der Waals surface area contributed by atoms with Crippen molar-refractivity contribution in [3.63, 3.8) is 0 Å². The Balaban J connectivity index is 2.70. The van der Waals surface area contributed by atoms with Crippen molar-refractivity contribution in [3.8, 4) is 0 Å². The maximum absolute atomic E-state index is 13.0. The van der Waals surface area contributed by atoms with Crippen LogP contribution in [0, 0.1) is 18.7 Å². The molecular formula is C12H14FNO3. The van der Waals surface area contributed by atoms with Crippen LogP contribution in [-0.2, 0) is 4.79 Å². The number of carboxylic acid groups (broad SMARTS) is 1. The van der Waals surface area contributed by atoms with Gasteiger partial charge in [0.25, 0.3) is 5.91 Å². The number of benzene rings is 1. The molecule has 2 N–H and O–H groups in total. The molecule has 1 unspecified atom stereocenters. The Morgan fingerprint density at radius 1 is 1.47 bits per heavy atom. The lowest BCUT2D eigenvalue weighted by molar-refractivity contribution is -0.140. The molecule has 92 valence electrons. The highest BCUT2D eigenvalue weighted by Crippen LogP contribution is 2.10. The molecule has 1 aromatic carbocycles. The predicted octanol–water partition coefficient (Wildman–Crippen LogP) is 1.58. The molecule has 17 heavy (non-hydrogen) atoms. The first kappa shape index (κ1) is 13.2. The van der Waals surface area contributed by atoms with Crippen molar-refractivity contribution in [1.82, 2.24) is 5.32 Å². The Morgan fingerprint density at radius 2 is 2.12 bits per heavy atom. The predicted molar refractivity (Wildman–Crippen MR) is 60.3 cm³/mol. The topological polar surface area (TPSA) is 66.4 Å². The number of aryl methyl sites for hydroxylation is 1. The summed E-state index contributed by atoms with van der Waals surface area (Å²) in [6, 6.07) is 3.91. The Kier molecular flexibility index (Phi) is 4.20. The van der Waals surface area contributed by atoms with Gasteiger partial charge < -0.3 is 10.4 Å². The number of nitrogens with one attached hydrogen (secondary N) is 1. The van der Waals surface area contributed by atoms with Gasteiger partial charge >= 0.3 is 5.97 Å². The number of carboxylic acids is 1. The van der Waals surface area contributed by atoms with Crippen molar-refractivity contribution < 1.29 is 19.1 Å². The lowest BCUT2D eigenvalue weighted by Crippen LogP contribution is -2.31. The van der Waals surface area contributed by atoms with E-state index in [1.54, 1.807) is 6.92 Å². The molecule has 5 heteroatoms. The highest BCUT2D eigenvalue weighted by Gasteiger charge is 2.14. The molecule has 4 nitrogen and oxygen atoms in total. The lowest BCUT2D eigenvalue weighted by Gasteiger charge is -2.10. The largest absolute Gasteiger partial charge is 0.481 e. The minimum absolute atomic E-state index is 0.0180. The monoisotopic (exact) mass is 239 g/mol. The first-order chi connectivity index (χ1) is 7.91. The summed E-state index contributed by atoms with van der Waals surface area (Å²) in [6.07, 6.45) is 0. The number of hydrogen-bond acceptors (Lipinski definition) is 2. The van der Waals surface area contributed by atoms with Crippen LogP contribution >= 0.6 is 0 Å². The Bertz CT molecular complexity index is 445. The molecule has 1 aromatic rings. The van der Waals surface area contributed by atoms with Crippen LogP contribution in [0.5, 0.6) is 0 Å². The summed E-state index contributed by atoms with van der Waals surface area (Å²) >= 11 is 0. The summed E-state index contributed by atoms with van der Waals surface area (Å²) in [5, 5.41) is 11.1.